The Labute approximate surface area is 198 Å². The van der Waals surface area contributed by atoms with Gasteiger partial charge < -0.3 is 30.5 Å². The van der Waals surface area contributed by atoms with Gasteiger partial charge in [-0.05, 0) is 19.1 Å². The molecule has 5 atom stereocenters. The summed E-state index contributed by atoms with van der Waals surface area (Å²) in [5.41, 5.74) is 4.66. The number of nitrogens with two attached hydrogens (primary N) is 1. The number of nitrogen functional groups attached to an aromatic ring is 1. The second-order valence-electron chi connectivity index (χ2n) is 7.94. The molecule has 1 aromatic carbocycles. The highest BCUT2D eigenvalue weighted by molar-refractivity contribution is 7.46. The molecular formula is C21H22N5O8P. The second-order valence-corrected chi connectivity index (χ2v) is 9.14. The van der Waals surface area contributed by atoms with Crippen LogP contribution in [0.3, 0.4) is 0 Å². The molecule has 14 heteroatoms. The summed E-state index contributed by atoms with van der Waals surface area (Å²) >= 11 is 0. The predicted octanol–water partition coefficient (Wildman–Crippen LogP) is -0.0934. The van der Waals surface area contributed by atoms with Crippen LogP contribution in [0.4, 0.5) is 5.82 Å². The molecule has 0 bridgehead atoms. The Hall–Kier alpha value is -3.21. The van der Waals surface area contributed by atoms with Crippen LogP contribution in [0.1, 0.15) is 25.1 Å². The van der Waals surface area contributed by atoms with Gasteiger partial charge in [-0.15, -0.1) is 0 Å². The number of fused-ring (bicyclic) bond motifs is 1. The average molecular weight is 503 g/mol. The first-order valence-corrected chi connectivity index (χ1v) is 11.8. The van der Waals surface area contributed by atoms with Gasteiger partial charge in [-0.2, -0.15) is 0 Å². The minimum absolute atomic E-state index is 0.0581. The lowest BCUT2D eigenvalue weighted by molar-refractivity contribution is -0.138. The summed E-state index contributed by atoms with van der Waals surface area (Å²) in [5, 5.41) is 22.7. The van der Waals surface area contributed by atoms with Crippen molar-refractivity contribution in [3.05, 3.63) is 48.5 Å². The summed E-state index contributed by atoms with van der Waals surface area (Å²) < 4.78 is 23.2. The highest BCUT2D eigenvalue weighted by Crippen LogP contribution is 2.46. The van der Waals surface area contributed by atoms with Gasteiger partial charge >= 0.3 is 7.82 Å². The first-order chi connectivity index (χ1) is 16.5. The lowest BCUT2D eigenvalue weighted by Crippen LogP contribution is -2.50. The summed E-state index contributed by atoms with van der Waals surface area (Å²) in [5.74, 6) is 4.88. The smallest absolute Gasteiger partial charge is 0.387 e. The third-order valence-electron chi connectivity index (χ3n) is 5.50. The quantitative estimate of drug-likeness (QED) is 0.221. The topological polar surface area (TPSA) is 203 Å². The first kappa shape index (κ1) is 24.9. The van der Waals surface area contributed by atoms with E-state index in [0.29, 0.717) is 5.56 Å². The molecule has 0 radical (unpaired) electrons. The lowest BCUT2D eigenvalue weighted by Gasteiger charge is -2.30. The fourth-order valence-electron chi connectivity index (χ4n) is 3.87. The Bertz CT molecular complexity index is 1350. The standard InChI is InChI=1S/C21H22N5O8P/c1-12(27)15(34-35(30,31)32)16-17(28)21(29,9-5-8-13-6-3-2-4-7-13)20(33-16)26-11-25-14-18(22)23-10-24-19(14)26/h2-4,6-7,10-11,15-17,20,28-29H,9H2,1H3,(H2,22,23,24)(H2,30,31,32)/t15?,16-,17-,20-,21-/m1/s1. The molecule has 0 spiro atoms. The van der Waals surface area contributed by atoms with E-state index in [-0.39, 0.29) is 23.4 Å². The molecule has 13 nitrogen and oxygen atoms in total. The van der Waals surface area contributed by atoms with Crippen molar-refractivity contribution in [3.8, 4) is 11.8 Å². The van der Waals surface area contributed by atoms with Gasteiger partial charge in [0.2, 0.25) is 0 Å². The number of aliphatic hydroxyl groups is 2. The zero-order valence-electron chi connectivity index (χ0n) is 18.3. The number of carbonyl (C=O) groups excluding carboxylic acids is 1. The third-order valence-corrected chi connectivity index (χ3v) is 6.01. The van der Waals surface area contributed by atoms with Crippen LogP contribution >= 0.6 is 7.82 Å². The molecule has 1 fully saturated rings. The highest BCUT2D eigenvalue weighted by Gasteiger charge is 2.59. The van der Waals surface area contributed by atoms with Gasteiger partial charge in [0.1, 0.15) is 29.7 Å². The number of phosphoric ester groups is 1. The minimum atomic E-state index is -5.16. The van der Waals surface area contributed by atoms with Crippen LogP contribution in [-0.4, -0.2) is 69.2 Å². The number of phosphoric acid groups is 1. The molecule has 4 rings (SSSR count). The molecule has 3 heterocycles. The van der Waals surface area contributed by atoms with E-state index in [1.54, 1.807) is 24.3 Å². The molecule has 1 unspecified atom stereocenters. The SMILES string of the molecule is CC(=O)C(OP(=O)(O)O)[C@H]1O[C@@H](n2cnc3c(N)ncnc32)[C@@](O)(CC#Cc2ccccc2)[C@@H]1O. The molecule has 2 aromatic heterocycles. The Morgan fingerprint density at radius 2 is 2.03 bits per heavy atom. The van der Waals surface area contributed by atoms with Gasteiger partial charge in [-0.3, -0.25) is 13.9 Å². The highest BCUT2D eigenvalue weighted by atomic mass is 31.2. The van der Waals surface area contributed by atoms with E-state index in [2.05, 4.69) is 31.3 Å². The molecule has 184 valence electrons. The predicted molar refractivity (Wildman–Crippen MR) is 120 cm³/mol. The number of nitrogens with zero attached hydrogens (tertiary/aromatic N) is 4. The normalized spacial score (nSPS) is 25.2. The van der Waals surface area contributed by atoms with Crippen molar-refractivity contribution >= 4 is 30.6 Å². The van der Waals surface area contributed by atoms with Crippen LogP contribution in [0, 0.1) is 11.8 Å². The van der Waals surface area contributed by atoms with Crippen molar-refractivity contribution in [2.45, 2.75) is 43.5 Å². The minimum Gasteiger partial charge on any atom is -0.387 e. The van der Waals surface area contributed by atoms with Crippen LogP contribution < -0.4 is 5.73 Å². The third kappa shape index (κ3) is 4.95. The molecule has 1 aliphatic rings. The van der Waals surface area contributed by atoms with Gasteiger partial charge in [0.15, 0.2) is 29.6 Å². The fraction of sp³-hybridized carbons (Fsp3) is 0.333. The van der Waals surface area contributed by atoms with Gasteiger partial charge in [0.05, 0.1) is 6.33 Å². The number of ether oxygens (including phenoxy) is 1. The van der Waals surface area contributed by atoms with E-state index >= 15 is 0 Å². The van der Waals surface area contributed by atoms with E-state index in [4.69, 9.17) is 10.5 Å². The molecule has 0 saturated carbocycles. The van der Waals surface area contributed by atoms with E-state index in [1.807, 2.05) is 6.07 Å². The number of hydrogen-bond donors (Lipinski definition) is 5. The average Bonchev–Trinajstić information content (AvgIpc) is 3.33. The Kier molecular flexibility index (Phi) is 6.72. The largest absolute Gasteiger partial charge is 0.470 e. The van der Waals surface area contributed by atoms with Crippen molar-refractivity contribution in [1.29, 1.82) is 0 Å². The molecule has 3 aromatic rings. The van der Waals surface area contributed by atoms with Crippen LogP contribution in [-0.2, 0) is 18.6 Å². The number of carbonyl (C=O) groups is 1. The van der Waals surface area contributed by atoms with Gasteiger partial charge in [0.25, 0.3) is 0 Å². The number of imidazole rings is 1. The van der Waals surface area contributed by atoms with E-state index in [1.165, 1.54) is 17.2 Å². The number of benzene rings is 1. The van der Waals surface area contributed by atoms with E-state index in [9.17, 15) is 29.4 Å². The summed E-state index contributed by atoms with van der Waals surface area (Å²) in [6.45, 7) is 1.01. The Morgan fingerprint density at radius 1 is 1.31 bits per heavy atom. The number of Topliss-reactive ketones (excluding diaryl/α,β-unsaturated/α-hetero) is 1. The molecule has 0 aliphatic carbocycles. The zero-order valence-corrected chi connectivity index (χ0v) is 19.2. The van der Waals surface area contributed by atoms with Gasteiger partial charge in [-0.25, -0.2) is 19.5 Å². The Balaban J connectivity index is 1.78. The van der Waals surface area contributed by atoms with Gasteiger partial charge in [0, 0.05) is 12.0 Å². The zero-order chi connectivity index (χ0) is 25.4. The summed E-state index contributed by atoms with van der Waals surface area (Å²) in [6, 6.07) is 8.88. The summed E-state index contributed by atoms with van der Waals surface area (Å²) in [7, 11) is -5.16. The Morgan fingerprint density at radius 3 is 2.69 bits per heavy atom. The monoisotopic (exact) mass is 503 g/mol. The number of aromatic nitrogens is 4. The molecule has 1 saturated heterocycles. The molecule has 1 aliphatic heterocycles. The van der Waals surface area contributed by atoms with Crippen molar-refractivity contribution < 1.29 is 38.6 Å². The van der Waals surface area contributed by atoms with Crippen LogP contribution in [0.25, 0.3) is 11.2 Å². The number of anilines is 1. The molecule has 0 amide bonds. The maximum Gasteiger partial charge on any atom is 0.470 e. The lowest BCUT2D eigenvalue weighted by atomic mass is 9.88. The fourth-order valence-corrected chi connectivity index (χ4v) is 4.44. The van der Waals surface area contributed by atoms with Crippen molar-refractivity contribution in [2.24, 2.45) is 0 Å². The molecule has 35 heavy (non-hydrogen) atoms. The number of hydrogen-bond acceptors (Lipinski definition) is 10. The van der Waals surface area contributed by atoms with Crippen LogP contribution in [0.2, 0.25) is 0 Å². The maximum absolute atomic E-state index is 12.2. The van der Waals surface area contributed by atoms with Crippen molar-refractivity contribution in [1.82, 2.24) is 19.5 Å². The van der Waals surface area contributed by atoms with E-state index < -0.39 is 43.7 Å². The van der Waals surface area contributed by atoms with Crippen molar-refractivity contribution in [2.75, 3.05) is 5.73 Å². The number of ketones is 1. The number of rotatable bonds is 6. The van der Waals surface area contributed by atoms with Crippen LogP contribution in [0.15, 0.2) is 43.0 Å². The molecule has 6 N–H and O–H groups in total. The molecular weight excluding hydrogens is 481 g/mol. The van der Waals surface area contributed by atoms with Crippen LogP contribution in [0.5, 0.6) is 0 Å². The van der Waals surface area contributed by atoms with Crippen molar-refractivity contribution in [3.63, 3.8) is 0 Å². The first-order valence-electron chi connectivity index (χ1n) is 10.3. The maximum atomic E-state index is 12.2. The van der Waals surface area contributed by atoms with Gasteiger partial charge in [-0.1, -0.05) is 30.0 Å². The summed E-state index contributed by atoms with van der Waals surface area (Å²) in [4.78, 5) is 42.8. The van der Waals surface area contributed by atoms with E-state index in [0.717, 1.165) is 6.92 Å². The summed E-state index contributed by atoms with van der Waals surface area (Å²) in [6.07, 6.45) is -4.78. The number of aliphatic hydroxyl groups excluding tert-OH is 1. The second kappa shape index (κ2) is 9.44.